The molecule has 5 nitrogen and oxygen atoms in total. The number of carbonyl (C=O) groups is 1. The van der Waals surface area contributed by atoms with Crippen molar-refractivity contribution in [3.63, 3.8) is 0 Å². The first kappa shape index (κ1) is 13.3. The minimum Gasteiger partial charge on any atom is -0.303 e. The molecule has 2 N–H and O–H groups in total. The number of carbonyl (C=O) groups excluding carboxylic acids is 1. The Hall–Kier alpha value is -1.36. The fourth-order valence-electron chi connectivity index (χ4n) is 4.85. The molecule has 2 heterocycles. The predicted molar refractivity (Wildman–Crippen MR) is 81.3 cm³/mol. The average Bonchev–Trinajstić information content (AvgIpc) is 2.81. The summed E-state index contributed by atoms with van der Waals surface area (Å²) in [5.41, 5.74) is 8.27. The van der Waals surface area contributed by atoms with Gasteiger partial charge in [-0.25, -0.2) is 5.43 Å². The fourth-order valence-corrected chi connectivity index (χ4v) is 4.85. The highest BCUT2D eigenvalue weighted by atomic mass is 16.2. The number of hydrogen-bond donors (Lipinski definition) is 2. The summed E-state index contributed by atoms with van der Waals surface area (Å²) < 4.78 is 0. The molecule has 2 aliphatic carbocycles. The summed E-state index contributed by atoms with van der Waals surface area (Å²) in [6.45, 7) is 4.18. The van der Waals surface area contributed by atoms with Crippen molar-refractivity contribution in [1.82, 2.24) is 15.9 Å². The van der Waals surface area contributed by atoms with Crippen molar-refractivity contribution < 1.29 is 4.79 Å². The van der Waals surface area contributed by atoms with E-state index in [1.807, 2.05) is 11.2 Å². The summed E-state index contributed by atoms with van der Waals surface area (Å²) in [5, 5.41) is 6.14. The number of hydrazine groups is 1. The van der Waals surface area contributed by atoms with Gasteiger partial charge in [-0.1, -0.05) is 0 Å². The quantitative estimate of drug-likeness (QED) is 0.767. The molecule has 5 atom stereocenters. The van der Waals surface area contributed by atoms with Crippen LogP contribution < -0.4 is 10.9 Å². The molecule has 2 aliphatic heterocycles. The van der Waals surface area contributed by atoms with Crippen LogP contribution in [0.5, 0.6) is 0 Å². The minimum absolute atomic E-state index is 0.180. The van der Waals surface area contributed by atoms with Crippen molar-refractivity contribution in [3.05, 3.63) is 11.6 Å². The van der Waals surface area contributed by atoms with Crippen LogP contribution in [-0.4, -0.2) is 35.3 Å². The molecule has 0 radical (unpaired) electrons. The second-order valence-corrected chi connectivity index (χ2v) is 7.13. The summed E-state index contributed by atoms with van der Waals surface area (Å²) in [7, 11) is 0. The van der Waals surface area contributed by atoms with Gasteiger partial charge in [0.15, 0.2) is 0 Å². The van der Waals surface area contributed by atoms with E-state index in [4.69, 9.17) is 0 Å². The number of allylic oxidation sites excluding steroid dienone is 1. The lowest BCUT2D eigenvalue weighted by Crippen LogP contribution is -2.62. The van der Waals surface area contributed by atoms with Gasteiger partial charge in [-0.2, -0.15) is 5.10 Å². The number of hydrazone groups is 1. The summed E-state index contributed by atoms with van der Waals surface area (Å²) in [6, 6.07) is 1.02. The van der Waals surface area contributed by atoms with Crippen LogP contribution in [0.3, 0.4) is 0 Å². The minimum atomic E-state index is 0.180. The van der Waals surface area contributed by atoms with Gasteiger partial charge >= 0.3 is 0 Å². The predicted octanol–water partition coefficient (Wildman–Crippen LogP) is 1.43. The number of fused-ring (bicyclic) bond motifs is 2. The Bertz CT molecular complexity index is 512. The first-order valence-electron chi connectivity index (χ1n) is 8.23. The maximum Gasteiger partial charge on any atom is 0.240 e. The Balaban J connectivity index is 1.69. The number of nitrogens with one attached hydrogen (secondary N) is 2. The van der Waals surface area contributed by atoms with Gasteiger partial charge in [-0.15, -0.1) is 0 Å². The van der Waals surface area contributed by atoms with Crippen LogP contribution in [0.15, 0.2) is 16.8 Å². The molecule has 0 spiro atoms. The molecule has 5 heteroatoms. The van der Waals surface area contributed by atoms with Crippen molar-refractivity contribution in [3.8, 4) is 0 Å². The lowest BCUT2D eigenvalue weighted by atomic mass is 9.77. The number of rotatable bonds is 1. The molecule has 3 fully saturated rings. The topological polar surface area (TPSA) is 56.7 Å². The van der Waals surface area contributed by atoms with Gasteiger partial charge < -0.3 is 5.43 Å². The molecule has 0 bridgehead atoms. The zero-order valence-electron chi connectivity index (χ0n) is 12.7. The van der Waals surface area contributed by atoms with E-state index in [0.717, 1.165) is 19.3 Å². The molecule has 2 saturated carbocycles. The zero-order chi connectivity index (χ0) is 14.6. The van der Waals surface area contributed by atoms with Crippen molar-refractivity contribution in [2.45, 2.75) is 57.7 Å². The van der Waals surface area contributed by atoms with Crippen LogP contribution >= 0.6 is 0 Å². The van der Waals surface area contributed by atoms with E-state index in [0.29, 0.717) is 29.8 Å². The van der Waals surface area contributed by atoms with E-state index in [2.05, 4.69) is 35.9 Å². The fraction of sp³-hybridized carbons (Fsp3) is 0.750. The average molecular weight is 288 g/mol. The molecule has 4 aliphatic rings. The molecule has 0 aromatic carbocycles. The van der Waals surface area contributed by atoms with E-state index in [1.54, 1.807) is 0 Å². The third kappa shape index (κ3) is 1.94. The van der Waals surface area contributed by atoms with Crippen LogP contribution in [0.2, 0.25) is 0 Å². The van der Waals surface area contributed by atoms with Gasteiger partial charge in [0, 0.05) is 24.2 Å². The summed E-state index contributed by atoms with van der Waals surface area (Å²) in [5.74, 6) is 1.49. The van der Waals surface area contributed by atoms with Crippen molar-refractivity contribution in [2.75, 3.05) is 0 Å². The van der Waals surface area contributed by atoms with Crippen LogP contribution in [0.25, 0.3) is 0 Å². The second-order valence-electron chi connectivity index (χ2n) is 7.13. The van der Waals surface area contributed by atoms with Crippen molar-refractivity contribution >= 4 is 12.1 Å². The van der Waals surface area contributed by atoms with Crippen LogP contribution in [0.4, 0.5) is 0 Å². The van der Waals surface area contributed by atoms with Gasteiger partial charge in [0.1, 0.15) is 0 Å². The third-order valence-electron chi connectivity index (χ3n) is 5.76. The number of nitrogens with zero attached hydrogens (tertiary/aromatic N) is 2. The Morgan fingerprint density at radius 3 is 3.00 bits per heavy atom. The third-order valence-corrected chi connectivity index (χ3v) is 5.76. The summed E-state index contributed by atoms with van der Waals surface area (Å²) in [6.07, 6.45) is 8.36. The van der Waals surface area contributed by atoms with Crippen molar-refractivity contribution in [2.24, 2.45) is 22.9 Å². The van der Waals surface area contributed by atoms with Crippen LogP contribution in [0, 0.1) is 17.8 Å². The first-order valence-corrected chi connectivity index (χ1v) is 8.23. The van der Waals surface area contributed by atoms with Gasteiger partial charge in [-0.3, -0.25) is 9.80 Å². The maximum atomic E-state index is 12.9. The van der Waals surface area contributed by atoms with E-state index in [-0.39, 0.29) is 12.0 Å². The molecule has 0 aromatic heterocycles. The molecular formula is C16H24N4O. The normalized spacial score (nSPS) is 41.3. The summed E-state index contributed by atoms with van der Waals surface area (Å²) >= 11 is 0. The largest absolute Gasteiger partial charge is 0.303 e. The SMILES string of the molecule is CC(C)N1NC2CCC3C4NN=CC=C4CCC(C1=O)C23. The maximum absolute atomic E-state index is 12.9. The lowest BCUT2D eigenvalue weighted by Gasteiger charge is -2.44. The molecule has 0 aromatic rings. The molecular weight excluding hydrogens is 264 g/mol. The Morgan fingerprint density at radius 1 is 1.33 bits per heavy atom. The second kappa shape index (κ2) is 4.83. The smallest absolute Gasteiger partial charge is 0.240 e. The van der Waals surface area contributed by atoms with E-state index in [9.17, 15) is 4.79 Å². The lowest BCUT2D eigenvalue weighted by molar-refractivity contribution is -0.151. The molecule has 5 unspecified atom stereocenters. The zero-order valence-corrected chi connectivity index (χ0v) is 12.7. The Labute approximate surface area is 125 Å². The summed E-state index contributed by atoms with van der Waals surface area (Å²) in [4.78, 5) is 12.9. The monoisotopic (exact) mass is 288 g/mol. The highest BCUT2D eigenvalue weighted by Crippen LogP contribution is 2.48. The van der Waals surface area contributed by atoms with E-state index >= 15 is 0 Å². The van der Waals surface area contributed by atoms with Crippen molar-refractivity contribution in [1.29, 1.82) is 0 Å². The highest BCUT2D eigenvalue weighted by molar-refractivity contribution is 5.80. The number of hydrogen-bond acceptors (Lipinski definition) is 4. The van der Waals surface area contributed by atoms with E-state index in [1.165, 1.54) is 12.0 Å². The Kier molecular flexibility index (Phi) is 3.06. The molecule has 1 amide bonds. The van der Waals surface area contributed by atoms with Crippen LogP contribution in [-0.2, 0) is 4.79 Å². The molecule has 4 rings (SSSR count). The van der Waals surface area contributed by atoms with E-state index < -0.39 is 0 Å². The van der Waals surface area contributed by atoms with Crippen LogP contribution in [0.1, 0.15) is 39.5 Å². The molecule has 114 valence electrons. The number of amides is 1. The standard InChI is InChI=1S/C16H24N4O/c1-9(2)20-16(21)12-4-3-10-7-8-17-18-15(10)11-5-6-13(19-20)14(11)12/h7-9,11-15,18-19H,3-6H2,1-2H3. The molecule has 1 saturated heterocycles. The van der Waals surface area contributed by atoms with Gasteiger partial charge in [0.2, 0.25) is 5.91 Å². The Morgan fingerprint density at radius 2 is 2.19 bits per heavy atom. The highest BCUT2D eigenvalue weighted by Gasteiger charge is 2.53. The van der Waals surface area contributed by atoms with Gasteiger partial charge in [0.25, 0.3) is 0 Å². The van der Waals surface area contributed by atoms with Gasteiger partial charge in [-0.05, 0) is 63.0 Å². The van der Waals surface area contributed by atoms with Gasteiger partial charge in [0.05, 0.1) is 6.04 Å². The first-order chi connectivity index (χ1) is 10.2. The molecule has 21 heavy (non-hydrogen) atoms.